The molecule has 2 aliphatic rings. The number of rotatable bonds is 5. The van der Waals surface area contributed by atoms with E-state index in [-0.39, 0.29) is 0 Å². The quantitative estimate of drug-likeness (QED) is 0.792. The zero-order valence-electron chi connectivity index (χ0n) is 11.9. The Morgan fingerprint density at radius 2 is 1.94 bits per heavy atom. The van der Waals surface area contributed by atoms with Crippen LogP contribution in [0, 0.1) is 5.92 Å². The topological polar surface area (TPSA) is 15.3 Å². The molecule has 1 N–H and O–H groups in total. The summed E-state index contributed by atoms with van der Waals surface area (Å²) in [6, 6.07) is 2.30. The van der Waals surface area contributed by atoms with E-state index >= 15 is 0 Å². The number of likely N-dealkylation sites (tertiary alicyclic amines) is 1. The Morgan fingerprint density at radius 1 is 1.18 bits per heavy atom. The molecule has 1 saturated carbocycles. The van der Waals surface area contributed by atoms with E-state index in [2.05, 4.69) is 31.0 Å². The van der Waals surface area contributed by atoms with Crippen LogP contribution in [0.5, 0.6) is 0 Å². The second kappa shape index (κ2) is 6.19. The Balaban J connectivity index is 1.83. The zero-order chi connectivity index (χ0) is 12.3. The van der Waals surface area contributed by atoms with E-state index in [1.165, 1.54) is 45.1 Å². The molecule has 2 rings (SSSR count). The first-order valence-corrected chi connectivity index (χ1v) is 7.71. The zero-order valence-corrected chi connectivity index (χ0v) is 11.9. The smallest absolute Gasteiger partial charge is 0.0195 e. The van der Waals surface area contributed by atoms with Gasteiger partial charge in [0.2, 0.25) is 0 Å². The maximum absolute atomic E-state index is 3.67. The lowest BCUT2D eigenvalue weighted by Crippen LogP contribution is -2.51. The van der Waals surface area contributed by atoms with Gasteiger partial charge < -0.3 is 5.32 Å². The fourth-order valence-corrected chi connectivity index (χ4v) is 3.67. The highest BCUT2D eigenvalue weighted by Gasteiger charge is 2.36. The normalized spacial score (nSPS) is 33.4. The van der Waals surface area contributed by atoms with E-state index < -0.39 is 0 Å². The average molecular weight is 238 g/mol. The van der Waals surface area contributed by atoms with Gasteiger partial charge in [0.1, 0.15) is 0 Å². The van der Waals surface area contributed by atoms with E-state index in [1.807, 2.05) is 0 Å². The van der Waals surface area contributed by atoms with Crippen LogP contribution in [0.4, 0.5) is 0 Å². The highest BCUT2D eigenvalue weighted by Crippen LogP contribution is 2.37. The Labute approximate surface area is 107 Å². The summed E-state index contributed by atoms with van der Waals surface area (Å²) in [4.78, 5) is 2.80. The first-order chi connectivity index (χ1) is 8.22. The maximum atomic E-state index is 3.67. The van der Waals surface area contributed by atoms with Gasteiger partial charge in [-0.1, -0.05) is 13.3 Å². The molecule has 0 aromatic rings. The van der Waals surface area contributed by atoms with Gasteiger partial charge >= 0.3 is 0 Å². The Kier molecular flexibility index (Phi) is 4.87. The Morgan fingerprint density at radius 3 is 2.71 bits per heavy atom. The van der Waals surface area contributed by atoms with Gasteiger partial charge in [-0.25, -0.2) is 0 Å². The fraction of sp³-hybridized carbons (Fsp3) is 1.00. The van der Waals surface area contributed by atoms with Crippen molar-refractivity contribution in [1.29, 1.82) is 0 Å². The van der Waals surface area contributed by atoms with Crippen molar-refractivity contribution in [1.82, 2.24) is 10.2 Å². The first kappa shape index (κ1) is 13.4. The van der Waals surface area contributed by atoms with Crippen molar-refractivity contribution in [2.24, 2.45) is 5.92 Å². The van der Waals surface area contributed by atoms with Gasteiger partial charge in [-0.05, 0) is 58.4 Å². The third-order valence-corrected chi connectivity index (χ3v) is 4.98. The van der Waals surface area contributed by atoms with Crippen LogP contribution in [-0.4, -0.2) is 36.1 Å². The summed E-state index contributed by atoms with van der Waals surface area (Å²) < 4.78 is 0. The Hall–Kier alpha value is -0.0800. The standard InChI is InChI=1S/C15H30N2/c1-4-12(2)16-11-13(3)17-10-6-8-14-7-5-9-15(14)17/h12-16H,4-11H2,1-3H3. The minimum atomic E-state index is 0.668. The first-order valence-electron chi connectivity index (χ1n) is 7.71. The molecule has 0 bridgehead atoms. The molecule has 4 atom stereocenters. The van der Waals surface area contributed by atoms with Gasteiger partial charge in [0.25, 0.3) is 0 Å². The third-order valence-electron chi connectivity index (χ3n) is 4.98. The van der Waals surface area contributed by atoms with E-state index in [4.69, 9.17) is 0 Å². The second-order valence-corrected chi connectivity index (χ2v) is 6.20. The molecule has 1 heterocycles. The van der Waals surface area contributed by atoms with Crippen molar-refractivity contribution in [3.05, 3.63) is 0 Å². The molecule has 0 amide bonds. The minimum absolute atomic E-state index is 0.668. The van der Waals surface area contributed by atoms with Crippen LogP contribution in [0.25, 0.3) is 0 Å². The lowest BCUT2D eigenvalue weighted by molar-refractivity contribution is 0.0733. The maximum Gasteiger partial charge on any atom is 0.0195 e. The molecule has 100 valence electrons. The lowest BCUT2D eigenvalue weighted by atomic mass is 9.91. The van der Waals surface area contributed by atoms with Crippen molar-refractivity contribution in [2.45, 2.75) is 77.4 Å². The highest BCUT2D eigenvalue weighted by atomic mass is 15.2. The highest BCUT2D eigenvalue weighted by molar-refractivity contribution is 4.91. The molecule has 1 saturated heterocycles. The van der Waals surface area contributed by atoms with Crippen molar-refractivity contribution < 1.29 is 0 Å². The van der Waals surface area contributed by atoms with Gasteiger partial charge in [-0.2, -0.15) is 0 Å². The molecule has 17 heavy (non-hydrogen) atoms. The number of hydrogen-bond donors (Lipinski definition) is 1. The van der Waals surface area contributed by atoms with E-state index in [1.54, 1.807) is 0 Å². The van der Waals surface area contributed by atoms with Gasteiger partial charge in [0, 0.05) is 24.7 Å². The van der Waals surface area contributed by atoms with E-state index in [0.717, 1.165) is 24.5 Å². The summed E-state index contributed by atoms with van der Waals surface area (Å²) in [5, 5.41) is 3.67. The molecule has 0 radical (unpaired) electrons. The summed E-state index contributed by atoms with van der Waals surface area (Å²) >= 11 is 0. The summed E-state index contributed by atoms with van der Waals surface area (Å²) in [5.74, 6) is 1.02. The summed E-state index contributed by atoms with van der Waals surface area (Å²) in [7, 11) is 0. The number of nitrogens with one attached hydrogen (secondary N) is 1. The minimum Gasteiger partial charge on any atom is -0.313 e. The van der Waals surface area contributed by atoms with Gasteiger partial charge in [0.15, 0.2) is 0 Å². The predicted molar refractivity (Wildman–Crippen MR) is 74.3 cm³/mol. The summed E-state index contributed by atoms with van der Waals surface area (Å²) in [6.07, 6.45) is 8.57. The lowest BCUT2D eigenvalue weighted by Gasteiger charge is -2.42. The molecular weight excluding hydrogens is 208 g/mol. The van der Waals surface area contributed by atoms with Crippen LogP contribution in [0.15, 0.2) is 0 Å². The number of piperidine rings is 1. The number of hydrogen-bond acceptors (Lipinski definition) is 2. The monoisotopic (exact) mass is 238 g/mol. The second-order valence-electron chi connectivity index (χ2n) is 6.20. The molecule has 2 fully saturated rings. The molecule has 0 aromatic heterocycles. The largest absolute Gasteiger partial charge is 0.313 e. The summed E-state index contributed by atoms with van der Waals surface area (Å²) in [5.41, 5.74) is 0. The van der Waals surface area contributed by atoms with Crippen LogP contribution in [-0.2, 0) is 0 Å². The van der Waals surface area contributed by atoms with Gasteiger partial charge in [-0.3, -0.25) is 4.90 Å². The third kappa shape index (κ3) is 3.23. The van der Waals surface area contributed by atoms with Crippen molar-refractivity contribution in [2.75, 3.05) is 13.1 Å². The molecule has 1 aliphatic heterocycles. The molecule has 4 unspecified atom stereocenters. The van der Waals surface area contributed by atoms with Crippen LogP contribution in [0.3, 0.4) is 0 Å². The molecule has 2 heteroatoms. The van der Waals surface area contributed by atoms with Crippen LogP contribution < -0.4 is 5.32 Å². The van der Waals surface area contributed by atoms with Crippen molar-refractivity contribution in [3.8, 4) is 0 Å². The Bertz CT molecular complexity index is 229. The molecule has 2 nitrogen and oxygen atoms in total. The summed E-state index contributed by atoms with van der Waals surface area (Å²) in [6.45, 7) is 9.47. The van der Waals surface area contributed by atoms with E-state index in [9.17, 15) is 0 Å². The fourth-order valence-electron chi connectivity index (χ4n) is 3.67. The number of nitrogens with zero attached hydrogens (tertiary/aromatic N) is 1. The molecule has 1 aliphatic carbocycles. The van der Waals surface area contributed by atoms with Crippen molar-refractivity contribution >= 4 is 0 Å². The van der Waals surface area contributed by atoms with Gasteiger partial charge in [-0.15, -0.1) is 0 Å². The molecule has 0 aromatic carbocycles. The van der Waals surface area contributed by atoms with Crippen LogP contribution in [0.2, 0.25) is 0 Å². The number of fused-ring (bicyclic) bond motifs is 1. The van der Waals surface area contributed by atoms with E-state index in [0.29, 0.717) is 6.04 Å². The molecular formula is C15H30N2. The molecule has 0 spiro atoms. The predicted octanol–water partition coefficient (Wildman–Crippen LogP) is 3.03. The van der Waals surface area contributed by atoms with Crippen molar-refractivity contribution in [3.63, 3.8) is 0 Å². The SMILES string of the molecule is CCC(C)NCC(C)N1CCCC2CCCC21. The van der Waals surface area contributed by atoms with Crippen LogP contribution in [0.1, 0.15) is 59.3 Å². The van der Waals surface area contributed by atoms with Crippen LogP contribution >= 0.6 is 0 Å². The average Bonchev–Trinajstić information content (AvgIpc) is 2.83. The van der Waals surface area contributed by atoms with Gasteiger partial charge in [0.05, 0.1) is 0 Å².